The lowest BCUT2D eigenvalue weighted by atomic mass is 9.77. The van der Waals surface area contributed by atoms with Crippen molar-refractivity contribution in [2.75, 3.05) is 27.3 Å². The average Bonchev–Trinajstić information content (AvgIpc) is 2.64. The number of carbonyl (C=O) groups excluding carboxylic acids is 1. The van der Waals surface area contributed by atoms with E-state index in [-0.39, 0.29) is 19.3 Å². The van der Waals surface area contributed by atoms with Crippen LogP contribution in [0.25, 0.3) is 0 Å². The number of nitrogens with zero attached hydrogens (tertiary/aromatic N) is 1. The molecule has 0 spiro atoms. The van der Waals surface area contributed by atoms with Crippen LogP contribution in [0.1, 0.15) is 55.6 Å². The minimum absolute atomic E-state index is 0.186. The second kappa shape index (κ2) is 10.5. The molecule has 1 aromatic carbocycles. The fourth-order valence-electron chi connectivity index (χ4n) is 3.73. The second-order valence-electron chi connectivity index (χ2n) is 7.71. The molecule has 26 heavy (non-hydrogen) atoms. The monoisotopic (exact) mass is 361 g/mol. The molecule has 0 bridgehead atoms. The maximum absolute atomic E-state index is 12.3. The molecule has 1 aliphatic rings. The molecular formula is C22H32FNO2. The van der Waals surface area contributed by atoms with E-state index in [0.717, 1.165) is 12.0 Å². The van der Waals surface area contributed by atoms with Crippen LogP contribution in [0.2, 0.25) is 0 Å². The van der Waals surface area contributed by atoms with Crippen molar-refractivity contribution in [1.82, 2.24) is 4.90 Å². The van der Waals surface area contributed by atoms with Gasteiger partial charge in [-0.1, -0.05) is 30.8 Å². The number of rotatable bonds is 9. The lowest BCUT2D eigenvalue weighted by molar-refractivity contribution is -0.140. The summed E-state index contributed by atoms with van der Waals surface area (Å²) in [5, 5.41) is 0. The van der Waals surface area contributed by atoms with Crippen molar-refractivity contribution in [3.05, 3.63) is 47.5 Å². The molecule has 0 saturated heterocycles. The normalized spacial score (nSPS) is 20.2. The summed E-state index contributed by atoms with van der Waals surface area (Å²) in [5.41, 5.74) is 2.83. The molecule has 1 aliphatic carbocycles. The Labute approximate surface area is 157 Å². The minimum atomic E-state index is -0.339. The van der Waals surface area contributed by atoms with Crippen molar-refractivity contribution in [2.45, 2.75) is 51.0 Å². The molecule has 0 unspecified atom stereocenters. The molecule has 1 fully saturated rings. The summed E-state index contributed by atoms with van der Waals surface area (Å²) in [7, 11) is 3.79. The highest BCUT2D eigenvalue weighted by atomic mass is 19.1. The topological polar surface area (TPSA) is 29.5 Å². The van der Waals surface area contributed by atoms with Gasteiger partial charge in [-0.15, -0.1) is 0 Å². The standard InChI is InChI=1S/C22H32FNO2/c1-17(15-24(2)3)22(25)26-16-19-8-12-21(13-9-19)20-10-6-18(7-11-20)5-4-14-23/h8-9,12-13,18,20H,1,4-7,10-11,14-16H2,2-3H3. The lowest BCUT2D eigenvalue weighted by Gasteiger charge is -2.28. The van der Waals surface area contributed by atoms with Gasteiger partial charge in [-0.2, -0.15) is 0 Å². The van der Waals surface area contributed by atoms with E-state index in [0.29, 0.717) is 30.4 Å². The number of esters is 1. The van der Waals surface area contributed by atoms with Gasteiger partial charge >= 0.3 is 5.97 Å². The Hall–Kier alpha value is -1.68. The van der Waals surface area contributed by atoms with Crippen molar-refractivity contribution < 1.29 is 13.9 Å². The van der Waals surface area contributed by atoms with Crippen LogP contribution in [0.3, 0.4) is 0 Å². The van der Waals surface area contributed by atoms with Gasteiger partial charge in [0.15, 0.2) is 0 Å². The number of likely N-dealkylation sites (N-methyl/N-ethyl adjacent to an activating group) is 1. The molecule has 0 heterocycles. The van der Waals surface area contributed by atoms with Crippen molar-refractivity contribution in [1.29, 1.82) is 0 Å². The molecule has 0 radical (unpaired) electrons. The summed E-state index contributed by atoms with van der Waals surface area (Å²) >= 11 is 0. The molecule has 0 aliphatic heterocycles. The predicted molar refractivity (Wildman–Crippen MR) is 104 cm³/mol. The van der Waals surface area contributed by atoms with E-state index in [1.165, 1.54) is 31.2 Å². The van der Waals surface area contributed by atoms with Crippen molar-refractivity contribution in [3.8, 4) is 0 Å². The highest BCUT2D eigenvalue weighted by Gasteiger charge is 2.22. The largest absolute Gasteiger partial charge is 0.457 e. The predicted octanol–water partition coefficient (Wildman–Crippen LogP) is 4.87. The number of benzene rings is 1. The van der Waals surface area contributed by atoms with Gasteiger partial charge in [0.2, 0.25) is 0 Å². The van der Waals surface area contributed by atoms with Gasteiger partial charge < -0.3 is 9.64 Å². The molecule has 1 aromatic rings. The number of halogens is 1. The fourth-order valence-corrected chi connectivity index (χ4v) is 3.73. The van der Waals surface area contributed by atoms with Gasteiger partial charge in [0.1, 0.15) is 6.61 Å². The first kappa shape index (κ1) is 20.6. The Balaban J connectivity index is 1.78. The molecule has 0 N–H and O–H groups in total. The zero-order chi connectivity index (χ0) is 18.9. The van der Waals surface area contributed by atoms with Gasteiger partial charge in [0, 0.05) is 12.1 Å². The highest BCUT2D eigenvalue weighted by molar-refractivity contribution is 5.88. The molecule has 2 rings (SSSR count). The van der Waals surface area contributed by atoms with E-state index in [1.54, 1.807) is 0 Å². The Morgan fingerprint density at radius 1 is 1.19 bits per heavy atom. The first-order valence-electron chi connectivity index (χ1n) is 9.64. The molecule has 144 valence electrons. The second-order valence-corrected chi connectivity index (χ2v) is 7.71. The van der Waals surface area contributed by atoms with Gasteiger partial charge in [-0.25, -0.2) is 4.79 Å². The number of alkyl halides is 1. The van der Waals surface area contributed by atoms with E-state index in [9.17, 15) is 9.18 Å². The molecule has 0 aromatic heterocycles. The molecule has 0 amide bonds. The first-order chi connectivity index (χ1) is 12.5. The fraction of sp³-hybridized carbons (Fsp3) is 0.591. The summed E-state index contributed by atoms with van der Waals surface area (Å²) in [6.45, 7) is 4.37. The van der Waals surface area contributed by atoms with E-state index in [2.05, 4.69) is 18.7 Å². The Bertz CT molecular complexity index is 574. The smallest absolute Gasteiger partial charge is 0.335 e. The van der Waals surface area contributed by atoms with Gasteiger partial charge in [-0.3, -0.25) is 4.39 Å². The maximum atomic E-state index is 12.3. The number of ether oxygens (including phenoxy) is 1. The third-order valence-electron chi connectivity index (χ3n) is 5.21. The van der Waals surface area contributed by atoms with Gasteiger partial charge in [-0.05, 0) is 75.6 Å². The van der Waals surface area contributed by atoms with Gasteiger partial charge in [0.05, 0.1) is 6.67 Å². The van der Waals surface area contributed by atoms with Crippen molar-refractivity contribution in [3.63, 3.8) is 0 Å². The molecular weight excluding hydrogens is 329 g/mol. The summed E-state index contributed by atoms with van der Waals surface area (Å²) in [6, 6.07) is 8.41. The van der Waals surface area contributed by atoms with E-state index in [1.807, 2.05) is 31.1 Å². The zero-order valence-electron chi connectivity index (χ0n) is 16.2. The van der Waals surface area contributed by atoms with Crippen LogP contribution in [-0.2, 0) is 16.1 Å². The summed E-state index contributed by atoms with van der Waals surface area (Å²) in [4.78, 5) is 13.8. The van der Waals surface area contributed by atoms with Crippen LogP contribution in [0.4, 0.5) is 4.39 Å². The summed E-state index contributed by atoms with van der Waals surface area (Å²) in [5.74, 6) is 0.971. The third-order valence-corrected chi connectivity index (χ3v) is 5.21. The first-order valence-corrected chi connectivity index (χ1v) is 9.64. The van der Waals surface area contributed by atoms with Crippen LogP contribution in [0.15, 0.2) is 36.4 Å². The highest BCUT2D eigenvalue weighted by Crippen LogP contribution is 2.37. The quantitative estimate of drug-likeness (QED) is 0.464. The van der Waals surface area contributed by atoms with Crippen molar-refractivity contribution in [2.24, 2.45) is 5.92 Å². The molecule has 0 atom stereocenters. The average molecular weight is 362 g/mol. The minimum Gasteiger partial charge on any atom is -0.457 e. The molecule has 1 saturated carbocycles. The van der Waals surface area contributed by atoms with Crippen LogP contribution in [0.5, 0.6) is 0 Å². The number of carbonyl (C=O) groups is 1. The van der Waals surface area contributed by atoms with Crippen LogP contribution >= 0.6 is 0 Å². The Morgan fingerprint density at radius 2 is 1.85 bits per heavy atom. The number of hydrogen-bond acceptors (Lipinski definition) is 3. The van der Waals surface area contributed by atoms with Crippen LogP contribution in [-0.4, -0.2) is 38.2 Å². The van der Waals surface area contributed by atoms with Crippen LogP contribution in [0, 0.1) is 5.92 Å². The van der Waals surface area contributed by atoms with Crippen LogP contribution < -0.4 is 0 Å². The maximum Gasteiger partial charge on any atom is 0.335 e. The van der Waals surface area contributed by atoms with E-state index >= 15 is 0 Å². The summed E-state index contributed by atoms with van der Waals surface area (Å²) in [6.07, 6.45) is 6.54. The number of hydrogen-bond donors (Lipinski definition) is 0. The SMILES string of the molecule is C=C(CN(C)C)C(=O)OCc1ccc(C2CCC(CCCF)CC2)cc1. The zero-order valence-corrected chi connectivity index (χ0v) is 16.2. The van der Waals surface area contributed by atoms with Crippen molar-refractivity contribution >= 4 is 5.97 Å². The Morgan fingerprint density at radius 3 is 2.42 bits per heavy atom. The molecule has 3 nitrogen and oxygen atoms in total. The molecule has 4 heteroatoms. The summed E-state index contributed by atoms with van der Waals surface area (Å²) < 4.78 is 17.6. The van der Waals surface area contributed by atoms with E-state index < -0.39 is 0 Å². The van der Waals surface area contributed by atoms with E-state index in [4.69, 9.17) is 4.74 Å². The Kier molecular flexibility index (Phi) is 8.30. The van der Waals surface area contributed by atoms with Gasteiger partial charge in [0.25, 0.3) is 0 Å². The third kappa shape index (κ3) is 6.56. The lowest BCUT2D eigenvalue weighted by Crippen LogP contribution is -2.20.